The maximum Gasteiger partial charge on any atom is 0.256 e. The number of phenols is 1. The summed E-state index contributed by atoms with van der Waals surface area (Å²) in [6.45, 7) is 0. The van der Waals surface area contributed by atoms with Crippen molar-refractivity contribution in [2.24, 2.45) is 0 Å². The highest BCUT2D eigenvalue weighted by molar-refractivity contribution is 14.1. The molecule has 1 aliphatic rings. The number of amides is 1. The van der Waals surface area contributed by atoms with E-state index >= 15 is 0 Å². The van der Waals surface area contributed by atoms with E-state index in [9.17, 15) is 9.90 Å². The molecule has 1 heterocycles. The second-order valence-corrected chi connectivity index (χ2v) is 6.85. The summed E-state index contributed by atoms with van der Waals surface area (Å²) in [6, 6.07) is 9.10. The lowest BCUT2D eigenvalue weighted by molar-refractivity contribution is -0.110. The van der Waals surface area contributed by atoms with Gasteiger partial charge in [0.25, 0.3) is 5.91 Å². The molecule has 22 heavy (non-hydrogen) atoms. The van der Waals surface area contributed by atoms with Gasteiger partial charge in [-0.1, -0.05) is 0 Å². The molecular weight excluding hydrogens is 461 g/mol. The molecule has 0 fully saturated rings. The van der Waals surface area contributed by atoms with Crippen LogP contribution in [0.25, 0.3) is 11.6 Å². The molecule has 3 rings (SSSR count). The topological polar surface area (TPSA) is 58.6 Å². The van der Waals surface area contributed by atoms with Gasteiger partial charge in [0.15, 0.2) is 0 Å². The number of phenolic OH excluding ortho intramolecular Hbond substituents is 1. The first-order valence-electron chi connectivity index (χ1n) is 6.39. The van der Waals surface area contributed by atoms with Crippen LogP contribution in [-0.4, -0.2) is 18.1 Å². The summed E-state index contributed by atoms with van der Waals surface area (Å²) in [7, 11) is 1.55. The molecule has 0 bridgehead atoms. The second kappa shape index (κ2) is 5.92. The van der Waals surface area contributed by atoms with Crippen LogP contribution in [0, 0.1) is 3.57 Å². The van der Waals surface area contributed by atoms with Crippen molar-refractivity contribution in [3.8, 4) is 11.5 Å². The third kappa shape index (κ3) is 2.72. The molecule has 1 amide bonds. The zero-order valence-corrected chi connectivity index (χ0v) is 15.2. The minimum atomic E-state index is -0.185. The number of nitrogens with one attached hydrogen (secondary N) is 1. The number of halogens is 2. The molecular formula is C16H11BrINO3. The zero-order valence-electron chi connectivity index (χ0n) is 11.5. The summed E-state index contributed by atoms with van der Waals surface area (Å²) in [6.07, 6.45) is 1.67. The van der Waals surface area contributed by atoms with Gasteiger partial charge in [-0.15, -0.1) is 0 Å². The number of hydrogen-bond donors (Lipinski definition) is 2. The minimum Gasteiger partial charge on any atom is -0.506 e. The van der Waals surface area contributed by atoms with Crippen LogP contribution in [0.4, 0.5) is 5.69 Å². The Morgan fingerprint density at radius 3 is 2.82 bits per heavy atom. The molecule has 6 heteroatoms. The second-order valence-electron chi connectivity index (χ2n) is 4.75. The summed E-state index contributed by atoms with van der Waals surface area (Å²) in [4.78, 5) is 12.2. The van der Waals surface area contributed by atoms with E-state index in [0.717, 1.165) is 14.8 Å². The predicted octanol–water partition coefficient (Wildman–Crippen LogP) is 4.26. The smallest absolute Gasteiger partial charge is 0.256 e. The molecule has 0 aromatic heterocycles. The molecule has 0 atom stereocenters. The fraction of sp³-hybridized carbons (Fsp3) is 0.0625. The molecule has 2 N–H and O–H groups in total. The van der Waals surface area contributed by atoms with E-state index in [4.69, 9.17) is 4.74 Å². The van der Waals surface area contributed by atoms with E-state index in [1.807, 2.05) is 18.2 Å². The normalized spacial score (nSPS) is 14.9. The van der Waals surface area contributed by atoms with Crippen molar-refractivity contribution in [3.63, 3.8) is 0 Å². The van der Waals surface area contributed by atoms with Crippen LogP contribution in [0.2, 0.25) is 0 Å². The van der Waals surface area contributed by atoms with Gasteiger partial charge in [-0.05, 0) is 74.9 Å². The van der Waals surface area contributed by atoms with Crippen molar-refractivity contribution in [1.29, 1.82) is 0 Å². The van der Waals surface area contributed by atoms with Gasteiger partial charge in [0.2, 0.25) is 0 Å². The van der Waals surface area contributed by atoms with E-state index in [0.29, 0.717) is 21.4 Å². The largest absolute Gasteiger partial charge is 0.506 e. The van der Waals surface area contributed by atoms with Crippen LogP contribution < -0.4 is 10.1 Å². The number of aromatic hydroxyl groups is 1. The summed E-state index contributed by atoms with van der Waals surface area (Å²) in [5.41, 5.74) is 2.64. The highest BCUT2D eigenvalue weighted by Gasteiger charge is 2.24. The Labute approximate surface area is 149 Å². The maximum absolute atomic E-state index is 12.2. The standard InChI is InChI=1S/C16H11BrINO3/c1-22-10-4-8(15(20)13(17)7-10)5-12-11-6-9(18)2-3-14(11)19-16(12)21/h2-7,20H,1H3,(H,19,21). The summed E-state index contributed by atoms with van der Waals surface area (Å²) >= 11 is 5.49. The van der Waals surface area contributed by atoms with Gasteiger partial charge in [0.1, 0.15) is 11.5 Å². The van der Waals surface area contributed by atoms with E-state index in [1.165, 1.54) is 0 Å². The van der Waals surface area contributed by atoms with Gasteiger partial charge >= 0.3 is 0 Å². The Bertz CT molecular complexity index is 817. The van der Waals surface area contributed by atoms with Crippen molar-refractivity contribution in [3.05, 3.63) is 49.5 Å². The van der Waals surface area contributed by atoms with E-state index in [1.54, 1.807) is 25.3 Å². The monoisotopic (exact) mass is 471 g/mol. The first-order chi connectivity index (χ1) is 10.5. The number of rotatable bonds is 2. The van der Waals surface area contributed by atoms with Crippen molar-refractivity contribution < 1.29 is 14.6 Å². The van der Waals surface area contributed by atoms with Gasteiger partial charge in [-0.2, -0.15) is 0 Å². The number of methoxy groups -OCH3 is 1. The number of ether oxygens (including phenoxy) is 1. The maximum atomic E-state index is 12.2. The number of anilines is 1. The molecule has 0 aliphatic carbocycles. The van der Waals surface area contributed by atoms with Gasteiger partial charge < -0.3 is 15.2 Å². The molecule has 0 saturated heterocycles. The van der Waals surface area contributed by atoms with Crippen LogP contribution in [0.5, 0.6) is 11.5 Å². The van der Waals surface area contributed by atoms with Crippen LogP contribution in [0.3, 0.4) is 0 Å². The molecule has 0 spiro atoms. The Hall–Kier alpha value is -1.54. The average molecular weight is 472 g/mol. The number of fused-ring (bicyclic) bond motifs is 1. The van der Waals surface area contributed by atoms with Gasteiger partial charge in [0.05, 0.1) is 11.6 Å². The van der Waals surface area contributed by atoms with E-state index in [2.05, 4.69) is 43.8 Å². The minimum absolute atomic E-state index is 0.0696. The highest BCUT2D eigenvalue weighted by atomic mass is 127. The van der Waals surface area contributed by atoms with Gasteiger partial charge in [-0.3, -0.25) is 4.79 Å². The van der Waals surface area contributed by atoms with Crippen LogP contribution in [0.1, 0.15) is 11.1 Å². The molecule has 112 valence electrons. The van der Waals surface area contributed by atoms with Crippen LogP contribution in [0.15, 0.2) is 34.8 Å². The van der Waals surface area contributed by atoms with Crippen molar-refractivity contribution >= 4 is 61.8 Å². The highest BCUT2D eigenvalue weighted by Crippen LogP contribution is 2.38. The van der Waals surface area contributed by atoms with Gasteiger partial charge in [-0.25, -0.2) is 0 Å². The van der Waals surface area contributed by atoms with E-state index in [-0.39, 0.29) is 11.7 Å². The molecule has 0 saturated carbocycles. The third-order valence-electron chi connectivity index (χ3n) is 3.37. The zero-order chi connectivity index (χ0) is 15.9. The predicted molar refractivity (Wildman–Crippen MR) is 98.0 cm³/mol. The average Bonchev–Trinajstić information content (AvgIpc) is 2.79. The number of benzene rings is 2. The van der Waals surface area contributed by atoms with E-state index < -0.39 is 0 Å². The first-order valence-corrected chi connectivity index (χ1v) is 8.26. The van der Waals surface area contributed by atoms with Crippen LogP contribution in [-0.2, 0) is 4.79 Å². The molecule has 2 aromatic carbocycles. The van der Waals surface area contributed by atoms with Crippen LogP contribution >= 0.6 is 38.5 Å². The first kappa shape index (κ1) is 15.4. The molecule has 2 aromatic rings. The summed E-state index contributed by atoms with van der Waals surface area (Å²) in [5.74, 6) is 0.480. The number of hydrogen-bond acceptors (Lipinski definition) is 3. The summed E-state index contributed by atoms with van der Waals surface area (Å²) in [5, 5.41) is 13.0. The SMILES string of the molecule is COc1cc(Br)c(O)c(C=C2C(=O)Nc3ccc(I)cc32)c1. The Kier molecular flexibility index (Phi) is 4.14. The number of carbonyl (C=O) groups is 1. The lowest BCUT2D eigenvalue weighted by Crippen LogP contribution is -2.03. The van der Waals surface area contributed by atoms with Crippen molar-refractivity contribution in [1.82, 2.24) is 0 Å². The third-order valence-corrected chi connectivity index (χ3v) is 4.64. The Balaban J connectivity index is 2.16. The summed E-state index contributed by atoms with van der Waals surface area (Å²) < 4.78 is 6.75. The lowest BCUT2D eigenvalue weighted by Gasteiger charge is -2.07. The van der Waals surface area contributed by atoms with Gasteiger partial charge in [0, 0.05) is 26.0 Å². The Morgan fingerprint density at radius 1 is 1.32 bits per heavy atom. The quantitative estimate of drug-likeness (QED) is 0.508. The molecule has 4 nitrogen and oxygen atoms in total. The molecule has 1 aliphatic heterocycles. The van der Waals surface area contributed by atoms with Crippen molar-refractivity contribution in [2.45, 2.75) is 0 Å². The molecule has 0 radical (unpaired) electrons. The Morgan fingerprint density at radius 2 is 2.09 bits per heavy atom. The number of carbonyl (C=O) groups excluding carboxylic acids is 1. The lowest BCUT2D eigenvalue weighted by atomic mass is 10.0. The fourth-order valence-corrected chi connectivity index (χ4v) is 3.23. The fourth-order valence-electron chi connectivity index (χ4n) is 2.28. The van der Waals surface area contributed by atoms with Crippen molar-refractivity contribution in [2.75, 3.05) is 12.4 Å². The molecule has 0 unspecified atom stereocenters.